The largest absolute Gasteiger partial charge is 0.456 e. The van der Waals surface area contributed by atoms with Gasteiger partial charge in [-0.3, -0.25) is 9.59 Å². The maximum absolute atomic E-state index is 15.0. The molecule has 9 unspecified atom stereocenters. The average molecular weight is 656 g/mol. The van der Waals surface area contributed by atoms with Gasteiger partial charge in [0.2, 0.25) is 0 Å². The van der Waals surface area contributed by atoms with Gasteiger partial charge in [-0.25, -0.2) is 9.59 Å². The van der Waals surface area contributed by atoms with E-state index in [-0.39, 0.29) is 25.2 Å². The fourth-order valence-corrected chi connectivity index (χ4v) is 8.72. The molecule has 4 aliphatic rings. The number of rotatable bonds is 9. The van der Waals surface area contributed by atoms with E-state index < -0.39 is 88.6 Å². The lowest BCUT2D eigenvalue weighted by Crippen LogP contribution is -2.81. The molecule has 1 aliphatic heterocycles. The SMILES string of the molecule is COC(=O)NC(C)C(OC)C(=O)OC1CC2(O)C(OC)C3[C@]4(OC(C)=O)COC4CC(OC)[C@@]3(C)C(=O)C(OC)C(=C1C)C2(C)C. The Hall–Kier alpha value is -2.62. The maximum Gasteiger partial charge on any atom is 0.407 e. The van der Waals surface area contributed by atoms with E-state index >= 15 is 4.79 Å². The highest BCUT2D eigenvalue weighted by Gasteiger charge is 2.77. The molecule has 1 heterocycles. The number of carbonyl (C=O) groups excluding carboxylic acids is 4. The number of Topliss-reactive ketones (excluding diaryl/α,β-unsaturated/α-hetero) is 1. The minimum absolute atomic E-state index is 0.0179. The molecule has 0 aromatic heterocycles. The van der Waals surface area contributed by atoms with E-state index in [9.17, 15) is 19.5 Å². The Balaban J connectivity index is 1.92. The first-order chi connectivity index (χ1) is 21.5. The van der Waals surface area contributed by atoms with Gasteiger partial charge in [0.05, 0.1) is 37.4 Å². The molecule has 2 saturated carbocycles. The number of hydrogen-bond acceptors (Lipinski definition) is 13. The number of esters is 2. The maximum atomic E-state index is 15.0. The molecule has 0 radical (unpaired) electrons. The minimum Gasteiger partial charge on any atom is -0.456 e. The van der Waals surface area contributed by atoms with Gasteiger partial charge in [-0.15, -0.1) is 0 Å². The normalized spacial score (nSPS) is 39.3. The van der Waals surface area contributed by atoms with Gasteiger partial charge in [-0.05, 0) is 31.9 Å². The van der Waals surface area contributed by atoms with Crippen LogP contribution in [0.4, 0.5) is 4.79 Å². The van der Waals surface area contributed by atoms with Crippen molar-refractivity contribution in [3.8, 4) is 0 Å². The van der Waals surface area contributed by atoms with E-state index in [2.05, 4.69) is 10.1 Å². The smallest absolute Gasteiger partial charge is 0.407 e. The summed E-state index contributed by atoms with van der Waals surface area (Å²) >= 11 is 0. The molecule has 2 N–H and O–H groups in total. The number of carbonyl (C=O) groups is 4. The van der Waals surface area contributed by atoms with Crippen molar-refractivity contribution in [3.63, 3.8) is 0 Å². The van der Waals surface area contributed by atoms with Gasteiger partial charge in [0, 0.05) is 59.5 Å². The van der Waals surface area contributed by atoms with Crippen molar-refractivity contribution in [3.05, 3.63) is 11.1 Å². The fraction of sp³-hybridized carbons (Fsp3) is 0.812. The van der Waals surface area contributed by atoms with Crippen molar-refractivity contribution in [2.75, 3.05) is 42.2 Å². The number of nitrogens with one attached hydrogen (secondary N) is 1. The fourth-order valence-electron chi connectivity index (χ4n) is 8.72. The quantitative estimate of drug-likeness (QED) is 0.208. The topological polar surface area (TPSA) is 174 Å². The Morgan fingerprint density at radius 3 is 2.17 bits per heavy atom. The number of hydrogen-bond donors (Lipinski definition) is 2. The first-order valence-electron chi connectivity index (χ1n) is 15.4. The zero-order valence-electron chi connectivity index (χ0n) is 28.6. The van der Waals surface area contributed by atoms with Crippen LogP contribution < -0.4 is 5.32 Å². The van der Waals surface area contributed by atoms with Crippen LogP contribution in [0.1, 0.15) is 54.4 Å². The lowest BCUT2D eigenvalue weighted by Gasteiger charge is -2.68. The average Bonchev–Trinajstić information content (AvgIpc) is 2.98. The number of ether oxygens (including phenoxy) is 8. The van der Waals surface area contributed by atoms with Crippen molar-refractivity contribution >= 4 is 23.8 Å². The Morgan fingerprint density at radius 1 is 1.04 bits per heavy atom. The third-order valence-corrected chi connectivity index (χ3v) is 11.1. The molecule has 14 nitrogen and oxygen atoms in total. The van der Waals surface area contributed by atoms with E-state index in [0.29, 0.717) is 11.1 Å². The molecule has 14 heteroatoms. The number of alkyl carbamates (subject to hydrolysis) is 1. The lowest BCUT2D eigenvalue weighted by atomic mass is 9.44. The van der Waals surface area contributed by atoms with Gasteiger partial charge >= 0.3 is 18.0 Å². The molecule has 0 spiro atoms. The minimum atomic E-state index is -1.83. The van der Waals surface area contributed by atoms with E-state index in [1.165, 1.54) is 42.5 Å². The first kappa shape index (κ1) is 36.2. The molecular formula is C32H49NO13. The number of ketones is 1. The summed E-state index contributed by atoms with van der Waals surface area (Å²) in [5, 5.41) is 15.6. The zero-order valence-corrected chi connectivity index (χ0v) is 28.6. The van der Waals surface area contributed by atoms with Crippen LogP contribution in [0.25, 0.3) is 0 Å². The number of amides is 1. The second-order valence-electron chi connectivity index (χ2n) is 13.6. The molecule has 0 aromatic rings. The van der Waals surface area contributed by atoms with Crippen LogP contribution in [-0.4, -0.2) is 125 Å². The number of aliphatic hydroxyl groups is 1. The van der Waals surface area contributed by atoms with E-state index in [1.54, 1.807) is 34.6 Å². The predicted molar refractivity (Wildman–Crippen MR) is 160 cm³/mol. The second kappa shape index (κ2) is 12.8. The van der Waals surface area contributed by atoms with Crippen LogP contribution in [0, 0.1) is 16.7 Å². The molecule has 4 rings (SSSR count). The molecule has 1 amide bonds. The highest BCUT2D eigenvalue weighted by Crippen LogP contribution is 2.64. The van der Waals surface area contributed by atoms with Crippen molar-refractivity contribution in [2.45, 2.75) is 108 Å². The van der Waals surface area contributed by atoms with Crippen LogP contribution in [0.3, 0.4) is 0 Å². The van der Waals surface area contributed by atoms with Gasteiger partial charge < -0.3 is 48.3 Å². The molecule has 3 fully saturated rings. The molecule has 2 bridgehead atoms. The number of methoxy groups -OCH3 is 5. The predicted octanol–water partition coefficient (Wildman–Crippen LogP) is 1.49. The van der Waals surface area contributed by atoms with Crippen LogP contribution >= 0.6 is 0 Å². The monoisotopic (exact) mass is 655 g/mol. The van der Waals surface area contributed by atoms with Gasteiger partial charge in [0.1, 0.15) is 23.9 Å². The third kappa shape index (κ3) is 5.16. The zero-order chi connectivity index (χ0) is 34.6. The van der Waals surface area contributed by atoms with Crippen molar-refractivity contribution in [2.24, 2.45) is 16.7 Å². The van der Waals surface area contributed by atoms with Crippen molar-refractivity contribution < 1.29 is 62.2 Å². The summed E-state index contributed by atoms with van der Waals surface area (Å²) in [6.07, 6.45) is -6.62. The molecule has 1 saturated heterocycles. The van der Waals surface area contributed by atoms with Gasteiger partial charge in [-0.1, -0.05) is 13.8 Å². The van der Waals surface area contributed by atoms with Gasteiger partial charge in [-0.2, -0.15) is 0 Å². The summed E-state index contributed by atoms with van der Waals surface area (Å²) in [4.78, 5) is 53.1. The molecule has 46 heavy (non-hydrogen) atoms. The molecular weight excluding hydrogens is 606 g/mol. The Kier molecular flexibility index (Phi) is 10.1. The molecule has 11 atom stereocenters. The molecule has 0 aromatic carbocycles. The standard InChI is InChI=1S/C32H49NO13/c1-15-18(45-27(36)22(40-8)16(2)33-28(37)43-11)13-32(38)26(42-10)24-30(6,25(35)23(41-9)21(15)29(32,4)5)19(39-7)12-20-31(24,14-44-20)46-17(3)34/h16,18-20,22-24,26,38H,12-14H2,1-11H3,(H,33,37)/t16?,18?,19?,20?,22?,23?,24?,26?,30-,31+,32?/m1/s1. The summed E-state index contributed by atoms with van der Waals surface area (Å²) in [6.45, 7) is 9.90. The molecule has 3 aliphatic carbocycles. The summed E-state index contributed by atoms with van der Waals surface area (Å²) in [6, 6.07) is -0.834. The van der Waals surface area contributed by atoms with Crippen molar-refractivity contribution in [1.29, 1.82) is 0 Å². The summed E-state index contributed by atoms with van der Waals surface area (Å²) in [5.41, 5.74) is -4.77. The lowest BCUT2D eigenvalue weighted by molar-refractivity contribution is -0.350. The van der Waals surface area contributed by atoms with E-state index in [1.807, 2.05) is 0 Å². The van der Waals surface area contributed by atoms with Crippen LogP contribution in [0.15, 0.2) is 11.1 Å². The first-order valence-corrected chi connectivity index (χ1v) is 15.4. The summed E-state index contributed by atoms with van der Waals surface area (Å²) in [7, 11) is 6.84. The van der Waals surface area contributed by atoms with Crippen LogP contribution in [0.5, 0.6) is 0 Å². The third-order valence-electron chi connectivity index (χ3n) is 11.1. The molecule has 260 valence electrons. The highest BCUT2D eigenvalue weighted by molar-refractivity contribution is 5.93. The summed E-state index contributed by atoms with van der Waals surface area (Å²) < 4.78 is 46.2. The van der Waals surface area contributed by atoms with E-state index in [0.717, 1.165) is 0 Å². The Labute approximate surface area is 269 Å². The Morgan fingerprint density at radius 2 is 1.70 bits per heavy atom. The highest BCUT2D eigenvalue weighted by atomic mass is 16.6. The van der Waals surface area contributed by atoms with E-state index in [4.69, 9.17) is 33.2 Å². The van der Waals surface area contributed by atoms with Crippen LogP contribution in [-0.2, 0) is 52.3 Å². The Bertz CT molecular complexity index is 1270. The van der Waals surface area contributed by atoms with Crippen molar-refractivity contribution in [1.82, 2.24) is 5.32 Å². The van der Waals surface area contributed by atoms with Gasteiger partial charge in [0.15, 0.2) is 17.5 Å². The summed E-state index contributed by atoms with van der Waals surface area (Å²) in [5.74, 6) is -2.70. The van der Waals surface area contributed by atoms with Gasteiger partial charge in [0.25, 0.3) is 0 Å². The second-order valence-corrected chi connectivity index (χ2v) is 13.6. The number of fused-ring (bicyclic) bond motifs is 5. The van der Waals surface area contributed by atoms with Crippen LogP contribution in [0.2, 0.25) is 0 Å².